The molecular weight excluding hydrogens is 363 g/mol. The Morgan fingerprint density at radius 3 is 2.89 bits per heavy atom. The number of hydrogen-bond acceptors (Lipinski definition) is 5. The van der Waals surface area contributed by atoms with Gasteiger partial charge < -0.3 is 10.1 Å². The highest BCUT2D eigenvalue weighted by atomic mass is 19.1. The van der Waals surface area contributed by atoms with Gasteiger partial charge in [0.15, 0.2) is 0 Å². The molecule has 9 heteroatoms. The van der Waals surface area contributed by atoms with E-state index in [0.29, 0.717) is 18.0 Å². The van der Waals surface area contributed by atoms with Crippen LogP contribution in [0.25, 0.3) is 0 Å². The zero-order valence-electron chi connectivity index (χ0n) is 15.9. The lowest BCUT2D eigenvalue weighted by Crippen LogP contribution is -2.29. The number of carbonyl (C=O) groups is 1. The maximum atomic E-state index is 13.1. The van der Waals surface area contributed by atoms with Crippen LogP contribution in [0, 0.1) is 19.7 Å². The van der Waals surface area contributed by atoms with Gasteiger partial charge in [-0.2, -0.15) is 5.10 Å². The van der Waals surface area contributed by atoms with Crippen molar-refractivity contribution in [2.45, 2.75) is 40.0 Å². The van der Waals surface area contributed by atoms with Gasteiger partial charge in [0.2, 0.25) is 5.91 Å². The van der Waals surface area contributed by atoms with Crippen molar-refractivity contribution in [1.29, 1.82) is 0 Å². The summed E-state index contributed by atoms with van der Waals surface area (Å²) in [6.07, 6.45) is 2.42. The molecule has 1 aromatic carbocycles. The number of amides is 1. The zero-order valence-corrected chi connectivity index (χ0v) is 15.9. The molecule has 3 aromatic rings. The van der Waals surface area contributed by atoms with Crippen LogP contribution >= 0.6 is 0 Å². The minimum atomic E-state index is -0.365. The molecule has 0 atom stereocenters. The summed E-state index contributed by atoms with van der Waals surface area (Å²) in [4.78, 5) is 12.0. The van der Waals surface area contributed by atoms with Gasteiger partial charge in [0, 0.05) is 24.8 Å². The fraction of sp³-hybridized carbons (Fsp3) is 0.368. The molecule has 0 saturated heterocycles. The Bertz CT molecular complexity index is 936. The molecule has 1 N–H and O–H groups in total. The van der Waals surface area contributed by atoms with Gasteiger partial charge in [0.25, 0.3) is 0 Å². The van der Waals surface area contributed by atoms with Crippen LogP contribution in [0.1, 0.15) is 23.5 Å². The Labute approximate surface area is 162 Å². The van der Waals surface area contributed by atoms with Crippen LogP contribution < -0.4 is 10.1 Å². The molecule has 148 valence electrons. The first-order chi connectivity index (χ1) is 13.5. The smallest absolute Gasteiger partial charge is 0.241 e. The third-order valence-electron chi connectivity index (χ3n) is 4.05. The first kappa shape index (κ1) is 19.5. The lowest BCUT2D eigenvalue weighted by Gasteiger charge is -2.06. The van der Waals surface area contributed by atoms with Gasteiger partial charge in [0.1, 0.15) is 30.4 Å². The van der Waals surface area contributed by atoms with E-state index < -0.39 is 0 Å². The predicted octanol–water partition coefficient (Wildman–Crippen LogP) is 2.02. The van der Waals surface area contributed by atoms with Crippen molar-refractivity contribution in [1.82, 2.24) is 30.1 Å². The third kappa shape index (κ3) is 5.63. The van der Waals surface area contributed by atoms with Crippen molar-refractivity contribution in [2.24, 2.45) is 0 Å². The van der Waals surface area contributed by atoms with Gasteiger partial charge in [-0.15, -0.1) is 5.10 Å². The van der Waals surface area contributed by atoms with Crippen LogP contribution in [-0.4, -0.2) is 37.2 Å². The van der Waals surface area contributed by atoms with Crippen molar-refractivity contribution in [3.63, 3.8) is 0 Å². The molecule has 2 heterocycles. The number of halogens is 1. The first-order valence-corrected chi connectivity index (χ1v) is 9.05. The second-order valence-electron chi connectivity index (χ2n) is 6.51. The number of aromatic nitrogens is 5. The summed E-state index contributed by atoms with van der Waals surface area (Å²) in [6.45, 7) is 5.51. The molecule has 0 radical (unpaired) electrons. The highest BCUT2D eigenvalue weighted by Crippen LogP contribution is 2.13. The summed E-state index contributed by atoms with van der Waals surface area (Å²) >= 11 is 0. The summed E-state index contributed by atoms with van der Waals surface area (Å²) in [5.41, 5.74) is 2.66. The van der Waals surface area contributed by atoms with E-state index in [2.05, 4.69) is 20.7 Å². The van der Waals surface area contributed by atoms with Crippen LogP contribution in [0.3, 0.4) is 0 Å². The van der Waals surface area contributed by atoms with Crippen molar-refractivity contribution in [3.05, 3.63) is 59.4 Å². The molecule has 0 aliphatic heterocycles. The van der Waals surface area contributed by atoms with E-state index in [9.17, 15) is 9.18 Å². The third-order valence-corrected chi connectivity index (χ3v) is 4.05. The van der Waals surface area contributed by atoms with Gasteiger partial charge in [-0.1, -0.05) is 11.3 Å². The monoisotopic (exact) mass is 386 g/mol. The van der Waals surface area contributed by atoms with Crippen molar-refractivity contribution < 1.29 is 13.9 Å². The molecule has 0 fully saturated rings. The molecule has 28 heavy (non-hydrogen) atoms. The lowest BCUT2D eigenvalue weighted by molar-refractivity contribution is -0.121. The molecule has 0 spiro atoms. The minimum Gasteiger partial charge on any atom is -0.487 e. The maximum absolute atomic E-state index is 13.1. The Hall–Kier alpha value is -3.23. The molecule has 8 nitrogen and oxygen atoms in total. The van der Waals surface area contributed by atoms with Gasteiger partial charge in [-0.3, -0.25) is 9.48 Å². The molecule has 1 amide bonds. The van der Waals surface area contributed by atoms with Crippen LogP contribution in [-0.2, 0) is 24.5 Å². The molecule has 0 aliphatic rings. The molecule has 0 saturated carbocycles. The first-order valence-electron chi connectivity index (χ1n) is 9.05. The number of nitrogens with zero attached hydrogens (tertiary/aromatic N) is 5. The summed E-state index contributed by atoms with van der Waals surface area (Å²) in [5.74, 6) is -0.0959. The second kappa shape index (κ2) is 9.12. The van der Waals surface area contributed by atoms with Crippen LogP contribution in [0.4, 0.5) is 4.39 Å². The normalized spacial score (nSPS) is 10.8. The maximum Gasteiger partial charge on any atom is 0.241 e. The minimum absolute atomic E-state index is 0.0763. The number of hydrogen-bond donors (Lipinski definition) is 1. The van der Waals surface area contributed by atoms with Gasteiger partial charge in [-0.25, -0.2) is 9.07 Å². The highest BCUT2D eigenvalue weighted by molar-refractivity contribution is 5.75. The average Bonchev–Trinajstić information content (AvgIpc) is 3.22. The predicted molar refractivity (Wildman–Crippen MR) is 100 cm³/mol. The Morgan fingerprint density at radius 1 is 1.29 bits per heavy atom. The van der Waals surface area contributed by atoms with Crippen LogP contribution in [0.2, 0.25) is 0 Å². The van der Waals surface area contributed by atoms with E-state index in [-0.39, 0.29) is 24.9 Å². The topological polar surface area (TPSA) is 86.9 Å². The Morgan fingerprint density at radius 2 is 2.14 bits per heavy atom. The molecular formula is C19H23FN6O2. The number of benzene rings is 1. The molecule has 3 rings (SSSR count). The zero-order chi connectivity index (χ0) is 19.9. The number of aryl methyl sites for hydroxylation is 3. The Balaban J connectivity index is 1.38. The average molecular weight is 386 g/mol. The summed E-state index contributed by atoms with van der Waals surface area (Å²) in [7, 11) is 0. The van der Waals surface area contributed by atoms with E-state index >= 15 is 0 Å². The van der Waals surface area contributed by atoms with E-state index in [4.69, 9.17) is 4.74 Å². The fourth-order valence-corrected chi connectivity index (χ4v) is 2.76. The van der Waals surface area contributed by atoms with Crippen molar-refractivity contribution >= 4 is 5.91 Å². The summed E-state index contributed by atoms with van der Waals surface area (Å²) in [5, 5.41) is 15.1. The van der Waals surface area contributed by atoms with Crippen molar-refractivity contribution in [2.75, 3.05) is 6.54 Å². The van der Waals surface area contributed by atoms with E-state index in [1.54, 1.807) is 18.3 Å². The number of nitrogens with one attached hydrogen (secondary N) is 1. The Kier molecular flexibility index (Phi) is 6.36. The number of ether oxygens (including phenoxy) is 1. The largest absolute Gasteiger partial charge is 0.487 e. The highest BCUT2D eigenvalue weighted by Gasteiger charge is 2.07. The molecule has 0 unspecified atom stereocenters. The summed E-state index contributed by atoms with van der Waals surface area (Å²) < 4.78 is 22.0. The number of carbonyl (C=O) groups excluding carboxylic acids is 1. The lowest BCUT2D eigenvalue weighted by atomic mass is 10.3. The standard InChI is InChI=1S/C19H23FN6O2/c1-14-9-15(2)26(23-14)8-4-7-21-19(27)12-25-11-17(22-24-25)13-28-18-6-3-5-16(20)10-18/h3,5-6,9-11H,4,7-8,12-13H2,1-2H3,(H,21,27). The van der Waals surface area contributed by atoms with E-state index in [0.717, 1.165) is 24.4 Å². The van der Waals surface area contributed by atoms with Gasteiger partial charge in [0.05, 0.1) is 11.9 Å². The van der Waals surface area contributed by atoms with E-state index in [1.165, 1.54) is 16.8 Å². The number of rotatable bonds is 9. The van der Waals surface area contributed by atoms with E-state index in [1.807, 2.05) is 24.6 Å². The van der Waals surface area contributed by atoms with Gasteiger partial charge >= 0.3 is 0 Å². The SMILES string of the molecule is Cc1cc(C)n(CCCNC(=O)Cn2cc(COc3cccc(F)c3)nn2)n1. The second-order valence-corrected chi connectivity index (χ2v) is 6.51. The molecule has 0 aliphatic carbocycles. The fourth-order valence-electron chi connectivity index (χ4n) is 2.76. The molecule has 2 aromatic heterocycles. The van der Waals surface area contributed by atoms with Crippen molar-refractivity contribution in [3.8, 4) is 5.75 Å². The molecule has 0 bridgehead atoms. The van der Waals surface area contributed by atoms with Crippen LogP contribution in [0.5, 0.6) is 5.75 Å². The summed E-state index contributed by atoms with van der Waals surface area (Å²) in [6, 6.07) is 7.90. The van der Waals surface area contributed by atoms with Gasteiger partial charge in [-0.05, 0) is 38.5 Å². The quantitative estimate of drug-likeness (QED) is 0.569. The van der Waals surface area contributed by atoms with Crippen LogP contribution in [0.15, 0.2) is 36.5 Å².